The number of phenols is 3. The Kier molecular flexibility index (Phi) is 2.51. The Balaban J connectivity index is 1.71. The molecular weight excluding hydrogens is 288 g/mol. The molecule has 2 aromatic carbocycles. The number of benzene rings is 2. The minimum Gasteiger partial charge on any atom is -0.508 e. The van der Waals surface area contributed by atoms with E-state index in [1.165, 1.54) is 0 Å². The highest BCUT2D eigenvalue weighted by Crippen LogP contribution is 2.47. The maximum atomic E-state index is 12.6. The van der Waals surface area contributed by atoms with Crippen molar-refractivity contribution in [2.24, 2.45) is 0 Å². The first-order chi connectivity index (χ1) is 10.5. The van der Waals surface area contributed by atoms with Gasteiger partial charge in [-0.05, 0) is 29.7 Å². The number of hydrogen-bond donors (Lipinski definition) is 3. The van der Waals surface area contributed by atoms with Crippen LogP contribution in [0.1, 0.15) is 27.4 Å². The van der Waals surface area contributed by atoms with Gasteiger partial charge in [0.1, 0.15) is 22.8 Å². The largest absolute Gasteiger partial charge is 0.508 e. The zero-order valence-electron chi connectivity index (χ0n) is 11.4. The van der Waals surface area contributed by atoms with Gasteiger partial charge in [-0.3, -0.25) is 4.79 Å². The van der Waals surface area contributed by atoms with Crippen LogP contribution in [0.3, 0.4) is 0 Å². The van der Waals surface area contributed by atoms with Gasteiger partial charge in [-0.1, -0.05) is 0 Å². The zero-order valence-corrected chi connectivity index (χ0v) is 11.4. The third-order valence-electron chi connectivity index (χ3n) is 4.08. The minimum absolute atomic E-state index is 0.163. The van der Waals surface area contributed by atoms with Crippen molar-refractivity contribution >= 4 is 5.78 Å². The monoisotopic (exact) mass is 300 g/mol. The van der Waals surface area contributed by atoms with Gasteiger partial charge in [-0.25, -0.2) is 0 Å². The van der Waals surface area contributed by atoms with Gasteiger partial charge in [0.2, 0.25) is 6.79 Å². The van der Waals surface area contributed by atoms with E-state index < -0.39 is 17.4 Å². The summed E-state index contributed by atoms with van der Waals surface area (Å²) in [6.45, 7) is 0.163. The maximum absolute atomic E-state index is 12.6. The van der Waals surface area contributed by atoms with Crippen molar-refractivity contribution in [1.82, 2.24) is 0 Å². The van der Waals surface area contributed by atoms with Gasteiger partial charge in [-0.2, -0.15) is 0 Å². The average Bonchev–Trinajstić information content (AvgIpc) is 2.86. The fraction of sp³-hybridized carbons (Fsp3) is 0.188. The van der Waals surface area contributed by atoms with Crippen molar-refractivity contribution in [2.75, 3.05) is 6.79 Å². The molecule has 0 radical (unpaired) electrons. The summed E-state index contributed by atoms with van der Waals surface area (Å²) in [6.07, 6.45) is 0.505. The molecule has 2 aromatic rings. The summed E-state index contributed by atoms with van der Waals surface area (Å²) in [7, 11) is 0. The summed E-state index contributed by atoms with van der Waals surface area (Å²) in [6, 6.07) is 5.68. The van der Waals surface area contributed by atoms with Crippen LogP contribution in [0, 0.1) is 0 Å². The zero-order chi connectivity index (χ0) is 15.4. The fourth-order valence-corrected chi connectivity index (χ4v) is 2.96. The quantitative estimate of drug-likeness (QED) is 0.735. The molecule has 0 amide bonds. The molecule has 6 heteroatoms. The van der Waals surface area contributed by atoms with E-state index in [1.54, 1.807) is 6.07 Å². The Morgan fingerprint density at radius 3 is 2.32 bits per heavy atom. The molecule has 0 spiro atoms. The van der Waals surface area contributed by atoms with E-state index in [0.29, 0.717) is 17.9 Å². The Labute approximate surface area is 125 Å². The number of carbonyl (C=O) groups is 1. The Bertz CT molecular complexity index is 788. The summed E-state index contributed by atoms with van der Waals surface area (Å²) < 4.78 is 10.6. The normalized spacial score (nSPS) is 17.7. The summed E-state index contributed by atoms with van der Waals surface area (Å²) in [4.78, 5) is 12.6. The molecule has 0 saturated carbocycles. The lowest BCUT2D eigenvalue weighted by atomic mass is 9.73. The topological polar surface area (TPSA) is 96.2 Å². The maximum Gasteiger partial charge on any atom is 0.231 e. The second kappa shape index (κ2) is 4.30. The number of ketones is 1. The van der Waals surface area contributed by atoms with Gasteiger partial charge in [0, 0.05) is 12.1 Å². The first kappa shape index (κ1) is 12.8. The third-order valence-corrected chi connectivity index (χ3v) is 4.08. The van der Waals surface area contributed by atoms with Gasteiger partial charge < -0.3 is 24.8 Å². The lowest BCUT2D eigenvalue weighted by Crippen LogP contribution is -2.25. The Morgan fingerprint density at radius 1 is 1.00 bits per heavy atom. The van der Waals surface area contributed by atoms with Crippen molar-refractivity contribution in [2.45, 2.75) is 12.3 Å². The highest BCUT2D eigenvalue weighted by atomic mass is 16.7. The highest BCUT2D eigenvalue weighted by molar-refractivity contribution is 6.07. The molecule has 1 heterocycles. The molecule has 4 rings (SSSR count). The Hall–Kier alpha value is -2.89. The van der Waals surface area contributed by atoms with Crippen LogP contribution in [-0.2, 0) is 6.42 Å². The molecule has 0 saturated heterocycles. The SMILES string of the molecule is O=C(c1c(O)cc(O)cc1O)C1Cc2cc3c(cc21)OCO3. The number of hydrogen-bond acceptors (Lipinski definition) is 6. The highest BCUT2D eigenvalue weighted by Gasteiger charge is 2.37. The number of aromatic hydroxyl groups is 3. The van der Waals surface area contributed by atoms with Gasteiger partial charge in [-0.15, -0.1) is 0 Å². The standard InChI is InChI=1S/C16H12O6/c17-8-3-11(18)15(12(19)4-8)16(20)10-1-7-2-13-14(5-9(7)10)22-6-21-13/h2-5,10,17-19H,1,6H2. The van der Waals surface area contributed by atoms with Crippen LogP contribution in [0.2, 0.25) is 0 Å². The molecule has 1 aliphatic heterocycles. The molecular formula is C16H12O6. The van der Waals surface area contributed by atoms with E-state index in [2.05, 4.69) is 0 Å². The molecule has 0 aromatic heterocycles. The van der Waals surface area contributed by atoms with E-state index >= 15 is 0 Å². The van der Waals surface area contributed by atoms with Crippen molar-refractivity contribution in [3.8, 4) is 28.7 Å². The predicted molar refractivity (Wildman–Crippen MR) is 74.8 cm³/mol. The van der Waals surface area contributed by atoms with Gasteiger partial charge in [0.25, 0.3) is 0 Å². The first-order valence-corrected chi connectivity index (χ1v) is 6.76. The molecule has 112 valence electrons. The first-order valence-electron chi connectivity index (χ1n) is 6.76. The van der Waals surface area contributed by atoms with Crippen LogP contribution in [0.5, 0.6) is 28.7 Å². The number of carbonyl (C=O) groups excluding carboxylic acids is 1. The van der Waals surface area contributed by atoms with Crippen LogP contribution >= 0.6 is 0 Å². The molecule has 22 heavy (non-hydrogen) atoms. The van der Waals surface area contributed by atoms with Crippen molar-refractivity contribution < 1.29 is 29.6 Å². The van der Waals surface area contributed by atoms with Crippen LogP contribution in [0.15, 0.2) is 24.3 Å². The molecule has 2 aliphatic rings. The lowest BCUT2D eigenvalue weighted by molar-refractivity contribution is 0.0943. The van der Waals surface area contributed by atoms with Gasteiger partial charge in [0.15, 0.2) is 17.3 Å². The number of ether oxygens (including phenoxy) is 2. The van der Waals surface area contributed by atoms with Gasteiger partial charge >= 0.3 is 0 Å². The number of rotatable bonds is 2. The van der Waals surface area contributed by atoms with E-state index in [-0.39, 0.29) is 23.9 Å². The van der Waals surface area contributed by atoms with Crippen molar-refractivity contribution in [1.29, 1.82) is 0 Å². The summed E-state index contributed by atoms with van der Waals surface area (Å²) in [5.41, 5.74) is 1.62. The van der Waals surface area contributed by atoms with E-state index in [9.17, 15) is 20.1 Å². The lowest BCUT2D eigenvalue weighted by Gasteiger charge is -2.29. The summed E-state index contributed by atoms with van der Waals surface area (Å²) >= 11 is 0. The van der Waals surface area contributed by atoms with Crippen molar-refractivity contribution in [3.05, 3.63) is 41.0 Å². The van der Waals surface area contributed by atoms with E-state index in [4.69, 9.17) is 9.47 Å². The molecule has 6 nitrogen and oxygen atoms in total. The van der Waals surface area contributed by atoms with Crippen LogP contribution in [0.4, 0.5) is 0 Å². The number of phenolic OH excluding ortho intramolecular Hbond substituents is 3. The molecule has 0 bridgehead atoms. The minimum atomic E-state index is -0.453. The second-order valence-electron chi connectivity index (χ2n) is 5.38. The second-order valence-corrected chi connectivity index (χ2v) is 5.38. The smallest absolute Gasteiger partial charge is 0.231 e. The summed E-state index contributed by atoms with van der Waals surface area (Å²) in [5.74, 6) is -0.750. The van der Waals surface area contributed by atoms with Crippen molar-refractivity contribution in [3.63, 3.8) is 0 Å². The average molecular weight is 300 g/mol. The molecule has 1 atom stereocenters. The molecule has 3 N–H and O–H groups in total. The molecule has 1 aliphatic carbocycles. The predicted octanol–water partition coefficient (Wildman–Crippen LogP) is 2.05. The van der Waals surface area contributed by atoms with Crippen LogP contribution < -0.4 is 9.47 Å². The molecule has 0 fully saturated rings. The number of fused-ring (bicyclic) bond motifs is 2. The van der Waals surface area contributed by atoms with E-state index in [0.717, 1.165) is 23.3 Å². The van der Waals surface area contributed by atoms with Gasteiger partial charge in [0.05, 0.1) is 5.92 Å². The van der Waals surface area contributed by atoms with Crippen LogP contribution in [0.25, 0.3) is 0 Å². The van der Waals surface area contributed by atoms with E-state index in [1.807, 2.05) is 6.07 Å². The summed E-state index contributed by atoms with van der Waals surface area (Å²) in [5, 5.41) is 29.0. The molecule has 1 unspecified atom stereocenters. The van der Waals surface area contributed by atoms with Crippen LogP contribution in [-0.4, -0.2) is 27.9 Å². The Morgan fingerprint density at radius 2 is 1.64 bits per heavy atom. The number of Topliss-reactive ketones (excluding diaryl/α,β-unsaturated/α-hetero) is 1. The fourth-order valence-electron chi connectivity index (χ4n) is 2.96. The third kappa shape index (κ3) is 1.70.